The Bertz CT molecular complexity index is 590. The fourth-order valence-corrected chi connectivity index (χ4v) is 2.58. The van der Waals surface area contributed by atoms with Gasteiger partial charge in [-0.1, -0.05) is 12.1 Å². The van der Waals surface area contributed by atoms with Gasteiger partial charge in [-0.05, 0) is 40.9 Å². The van der Waals surface area contributed by atoms with Gasteiger partial charge in [-0.15, -0.1) is 0 Å². The van der Waals surface area contributed by atoms with Crippen molar-refractivity contribution >= 4 is 35.0 Å². The first-order chi connectivity index (χ1) is 9.75. The van der Waals surface area contributed by atoms with Crippen molar-refractivity contribution < 1.29 is 18.9 Å². The molecule has 1 heterocycles. The van der Waals surface area contributed by atoms with Crippen LogP contribution >= 0.6 is 23.2 Å². The molecular weight excluding hydrogens is 326 g/mol. The molecule has 0 radical (unpaired) electrons. The Kier molecular flexibility index (Phi) is 4.15. The molecule has 1 saturated heterocycles. The lowest BCUT2D eigenvalue weighted by Crippen LogP contribution is -2.46. The maximum absolute atomic E-state index is 13.0. The van der Waals surface area contributed by atoms with Gasteiger partial charge >= 0.3 is 4.46 Å². The summed E-state index contributed by atoms with van der Waals surface area (Å²) >= 11 is 11.5. The second kappa shape index (κ2) is 5.57. The molecule has 1 aliphatic rings. The van der Waals surface area contributed by atoms with E-state index in [1.807, 2.05) is 0 Å². The molecule has 1 aliphatic heterocycles. The average Bonchev–Trinajstić information content (AvgIpc) is 2.73. The van der Waals surface area contributed by atoms with Crippen LogP contribution in [0.25, 0.3) is 0 Å². The summed E-state index contributed by atoms with van der Waals surface area (Å²) in [5, 5.41) is 11.1. The van der Waals surface area contributed by atoms with Gasteiger partial charge in [0.15, 0.2) is 6.04 Å². The van der Waals surface area contributed by atoms with E-state index in [-0.39, 0.29) is 18.4 Å². The lowest BCUT2D eigenvalue weighted by Gasteiger charge is -2.29. The predicted octanol–water partition coefficient (Wildman–Crippen LogP) is 2.42. The van der Waals surface area contributed by atoms with Crippen LogP contribution in [-0.4, -0.2) is 26.1 Å². The van der Waals surface area contributed by atoms with Crippen LogP contribution in [0.4, 0.5) is 4.39 Å². The average molecular weight is 335 g/mol. The van der Waals surface area contributed by atoms with Gasteiger partial charge in [0.25, 0.3) is 0 Å². The fourth-order valence-electron chi connectivity index (χ4n) is 2.13. The molecule has 2 rings (SSSR count). The molecular formula is C12H9Cl2FN2O4. The Labute approximate surface area is 128 Å². The van der Waals surface area contributed by atoms with Gasteiger partial charge in [0.2, 0.25) is 11.8 Å². The van der Waals surface area contributed by atoms with Gasteiger partial charge in [0.1, 0.15) is 5.82 Å². The van der Waals surface area contributed by atoms with Crippen molar-refractivity contribution in [3.05, 3.63) is 45.8 Å². The minimum absolute atomic E-state index is 0.0713. The first-order valence-corrected chi connectivity index (χ1v) is 6.63. The van der Waals surface area contributed by atoms with Gasteiger partial charge in [-0.3, -0.25) is 24.6 Å². The van der Waals surface area contributed by atoms with Crippen LogP contribution < -0.4 is 0 Å². The summed E-state index contributed by atoms with van der Waals surface area (Å²) in [4.78, 5) is 34.4. The molecule has 21 heavy (non-hydrogen) atoms. The lowest BCUT2D eigenvalue weighted by atomic mass is 10.0. The number of hydrogen-bond acceptors (Lipinski definition) is 4. The second-order valence-corrected chi connectivity index (χ2v) is 5.80. The number of carbonyl (C=O) groups is 2. The van der Waals surface area contributed by atoms with Gasteiger partial charge in [-0.2, -0.15) is 0 Å². The molecule has 0 aromatic heterocycles. The van der Waals surface area contributed by atoms with E-state index in [1.54, 1.807) is 0 Å². The number of nitro groups is 1. The molecule has 0 bridgehead atoms. The third-order valence-corrected chi connectivity index (χ3v) is 3.80. The highest BCUT2D eigenvalue weighted by Gasteiger charge is 2.55. The van der Waals surface area contributed by atoms with Crippen molar-refractivity contribution in [2.45, 2.75) is 23.3 Å². The minimum Gasteiger partial charge on any atom is -0.274 e. The van der Waals surface area contributed by atoms with E-state index in [0.717, 1.165) is 12.1 Å². The molecule has 0 spiro atoms. The van der Waals surface area contributed by atoms with Crippen LogP contribution in [0.3, 0.4) is 0 Å². The molecule has 6 nitrogen and oxygen atoms in total. The summed E-state index contributed by atoms with van der Waals surface area (Å²) in [6, 6.07) is 2.94. The molecule has 0 N–H and O–H groups in total. The number of likely N-dealkylation sites (tertiary alicyclic amines) is 1. The third kappa shape index (κ3) is 2.84. The van der Waals surface area contributed by atoms with Crippen molar-refractivity contribution in [3.63, 3.8) is 0 Å². The zero-order chi connectivity index (χ0) is 15.8. The predicted molar refractivity (Wildman–Crippen MR) is 71.7 cm³/mol. The number of carbonyl (C=O) groups excluding carboxylic acids is 2. The van der Waals surface area contributed by atoms with Crippen LogP contribution in [0, 0.1) is 15.9 Å². The van der Waals surface area contributed by atoms with E-state index in [2.05, 4.69) is 0 Å². The van der Waals surface area contributed by atoms with Crippen LogP contribution in [-0.2, 0) is 9.59 Å². The summed E-state index contributed by atoms with van der Waals surface area (Å²) in [5.41, 5.74) is 0.0988. The van der Waals surface area contributed by atoms with Crippen molar-refractivity contribution in [1.82, 2.24) is 4.90 Å². The molecule has 1 fully saturated rings. The quantitative estimate of drug-likeness (QED) is 0.278. The molecule has 0 saturated carbocycles. The number of benzene rings is 1. The number of hydrogen-bond donors (Lipinski definition) is 0. The van der Waals surface area contributed by atoms with Gasteiger partial charge in [0, 0.05) is 12.8 Å². The van der Waals surface area contributed by atoms with Crippen LogP contribution in [0.1, 0.15) is 24.4 Å². The monoisotopic (exact) mass is 334 g/mol. The smallest absolute Gasteiger partial charge is 0.274 e. The van der Waals surface area contributed by atoms with Gasteiger partial charge < -0.3 is 0 Å². The number of alkyl halides is 2. The number of rotatable bonds is 4. The maximum atomic E-state index is 13.0. The van der Waals surface area contributed by atoms with E-state index in [9.17, 15) is 24.1 Å². The lowest BCUT2D eigenvalue weighted by molar-refractivity contribution is -0.523. The fraction of sp³-hybridized carbons (Fsp3) is 0.333. The van der Waals surface area contributed by atoms with Gasteiger partial charge in [0.05, 0.1) is 4.92 Å². The standard InChI is InChI=1S/C12H9Cl2FN2O4/c13-12(14,17(20)21)11(7-1-3-8(15)4-2-7)16-9(18)5-6-10(16)19/h1-4,11H,5-6H2. The largest absolute Gasteiger partial charge is 0.395 e. The maximum Gasteiger partial charge on any atom is 0.395 e. The Morgan fingerprint density at radius 1 is 1.19 bits per heavy atom. The number of nitrogens with zero attached hydrogens (tertiary/aromatic N) is 2. The molecule has 1 aromatic rings. The highest BCUT2D eigenvalue weighted by Crippen LogP contribution is 2.43. The van der Waals surface area contributed by atoms with E-state index >= 15 is 0 Å². The highest BCUT2D eigenvalue weighted by atomic mass is 35.5. The normalized spacial score (nSPS) is 17.2. The van der Waals surface area contributed by atoms with Gasteiger partial charge in [-0.25, -0.2) is 4.39 Å². The number of amides is 2. The zero-order valence-corrected chi connectivity index (χ0v) is 12.0. The van der Waals surface area contributed by atoms with E-state index in [4.69, 9.17) is 23.2 Å². The van der Waals surface area contributed by atoms with Crippen molar-refractivity contribution in [2.24, 2.45) is 0 Å². The summed E-state index contributed by atoms with van der Waals surface area (Å²) < 4.78 is 10.4. The van der Waals surface area contributed by atoms with Crippen molar-refractivity contribution in [3.8, 4) is 0 Å². The van der Waals surface area contributed by atoms with E-state index < -0.39 is 33.1 Å². The topological polar surface area (TPSA) is 80.5 Å². The highest BCUT2D eigenvalue weighted by molar-refractivity contribution is 6.47. The minimum atomic E-state index is -2.63. The Morgan fingerprint density at radius 3 is 2.10 bits per heavy atom. The summed E-state index contributed by atoms with van der Waals surface area (Å²) in [6.45, 7) is 0. The van der Waals surface area contributed by atoms with Crippen molar-refractivity contribution in [1.29, 1.82) is 0 Å². The molecule has 2 amide bonds. The van der Waals surface area contributed by atoms with Crippen molar-refractivity contribution in [2.75, 3.05) is 0 Å². The summed E-state index contributed by atoms with van der Waals surface area (Å²) in [6.07, 6.45) is -0.143. The van der Waals surface area contributed by atoms with Crippen LogP contribution in [0.15, 0.2) is 24.3 Å². The molecule has 9 heteroatoms. The molecule has 1 aromatic carbocycles. The van der Waals surface area contributed by atoms with E-state index in [0.29, 0.717) is 4.90 Å². The third-order valence-electron chi connectivity index (χ3n) is 3.11. The summed E-state index contributed by atoms with van der Waals surface area (Å²) in [5.74, 6) is -1.80. The summed E-state index contributed by atoms with van der Waals surface area (Å²) in [7, 11) is 0. The second-order valence-electron chi connectivity index (χ2n) is 4.46. The Hall–Kier alpha value is -1.73. The first-order valence-electron chi connectivity index (χ1n) is 5.88. The molecule has 0 aliphatic carbocycles. The molecule has 1 atom stereocenters. The first kappa shape index (κ1) is 15.7. The number of imide groups is 1. The molecule has 112 valence electrons. The molecule has 1 unspecified atom stereocenters. The SMILES string of the molecule is O=C1CCC(=O)N1C(c1ccc(F)cc1)C(Cl)(Cl)[N+](=O)[O-]. The number of halogens is 3. The Balaban J connectivity index is 2.54. The Morgan fingerprint density at radius 2 is 1.67 bits per heavy atom. The zero-order valence-electron chi connectivity index (χ0n) is 10.5. The van der Waals surface area contributed by atoms with Crippen LogP contribution in [0.5, 0.6) is 0 Å². The van der Waals surface area contributed by atoms with Crippen LogP contribution in [0.2, 0.25) is 0 Å². The van der Waals surface area contributed by atoms with E-state index in [1.165, 1.54) is 12.1 Å².